The number of carboxylic acids is 1. The zero-order valence-electron chi connectivity index (χ0n) is 13.6. The molecule has 7 nitrogen and oxygen atoms in total. The van der Waals surface area contributed by atoms with Crippen LogP contribution >= 0.6 is 0 Å². The Morgan fingerprint density at radius 2 is 1.70 bits per heavy atom. The SMILES string of the molecule is CC(=O)C([C@](O)(CC(=O)O)C(=O)c1ccccc1O)[N+](C)(C)C. The Hall–Kier alpha value is -2.25. The number of rotatable bonds is 7. The summed E-state index contributed by atoms with van der Waals surface area (Å²) in [5, 5.41) is 29.9. The molecule has 1 aromatic carbocycles. The van der Waals surface area contributed by atoms with E-state index in [2.05, 4.69) is 0 Å². The Morgan fingerprint density at radius 3 is 2.09 bits per heavy atom. The van der Waals surface area contributed by atoms with Gasteiger partial charge >= 0.3 is 5.97 Å². The second-order valence-corrected chi connectivity index (χ2v) is 6.47. The van der Waals surface area contributed by atoms with Crippen molar-refractivity contribution < 1.29 is 34.2 Å². The smallest absolute Gasteiger partial charge is 0.307 e. The second-order valence-electron chi connectivity index (χ2n) is 6.47. The van der Waals surface area contributed by atoms with Gasteiger partial charge in [0.05, 0.1) is 33.1 Å². The number of carbonyl (C=O) groups excluding carboxylic acids is 2. The molecule has 0 aromatic heterocycles. The number of benzene rings is 1. The van der Waals surface area contributed by atoms with Crippen molar-refractivity contribution in [1.82, 2.24) is 0 Å². The molecule has 0 aliphatic carbocycles. The number of hydrogen-bond donors (Lipinski definition) is 3. The maximum Gasteiger partial charge on any atom is 0.307 e. The van der Waals surface area contributed by atoms with Crippen LogP contribution in [0.3, 0.4) is 0 Å². The Balaban J connectivity index is 3.54. The van der Waals surface area contributed by atoms with E-state index >= 15 is 0 Å². The van der Waals surface area contributed by atoms with Crippen molar-refractivity contribution in [3.8, 4) is 5.75 Å². The van der Waals surface area contributed by atoms with E-state index in [1.54, 1.807) is 21.1 Å². The molecule has 0 saturated carbocycles. The van der Waals surface area contributed by atoms with E-state index < -0.39 is 35.6 Å². The number of phenols is 1. The zero-order chi connectivity index (χ0) is 18.0. The first kappa shape index (κ1) is 18.8. The van der Waals surface area contributed by atoms with Crippen molar-refractivity contribution in [2.24, 2.45) is 0 Å². The third kappa shape index (κ3) is 3.94. The number of aliphatic hydroxyl groups is 1. The van der Waals surface area contributed by atoms with Crippen molar-refractivity contribution in [3.63, 3.8) is 0 Å². The van der Waals surface area contributed by atoms with E-state index in [1.165, 1.54) is 31.2 Å². The van der Waals surface area contributed by atoms with Gasteiger partial charge in [0, 0.05) is 6.92 Å². The van der Waals surface area contributed by atoms with Crippen molar-refractivity contribution in [2.45, 2.75) is 25.0 Å². The van der Waals surface area contributed by atoms with Gasteiger partial charge in [0.15, 0.2) is 17.4 Å². The molecule has 0 fully saturated rings. The summed E-state index contributed by atoms with van der Waals surface area (Å²) < 4.78 is -0.140. The highest BCUT2D eigenvalue weighted by Gasteiger charge is 2.55. The molecule has 1 rings (SSSR count). The van der Waals surface area contributed by atoms with Crippen molar-refractivity contribution in [2.75, 3.05) is 21.1 Å². The van der Waals surface area contributed by atoms with Crippen LogP contribution in [0.1, 0.15) is 23.7 Å². The Bertz CT molecular complexity index is 634. The molecule has 1 unspecified atom stereocenters. The summed E-state index contributed by atoms with van der Waals surface area (Å²) in [6.45, 7) is 1.19. The number of hydrogen-bond acceptors (Lipinski definition) is 5. The highest BCUT2D eigenvalue weighted by molar-refractivity contribution is 6.09. The zero-order valence-corrected chi connectivity index (χ0v) is 13.6. The summed E-state index contributed by atoms with van der Waals surface area (Å²) in [6, 6.07) is 4.19. The molecular weight excluding hydrogens is 302 g/mol. The standard InChI is InChI=1S/C16H21NO6/c1-10(18)14(17(2,3)4)16(23,9-13(20)21)15(22)11-7-5-6-8-12(11)19/h5-8,14,23H,9H2,1-4H3,(H-,19,20,21,22)/p+1/t14?,16-/m1/s1. The number of ketones is 2. The van der Waals surface area contributed by atoms with Crippen LogP contribution in [0.15, 0.2) is 24.3 Å². The summed E-state index contributed by atoms with van der Waals surface area (Å²) in [7, 11) is 4.74. The summed E-state index contributed by atoms with van der Waals surface area (Å²) in [5.74, 6) is -3.32. The van der Waals surface area contributed by atoms with Crippen molar-refractivity contribution >= 4 is 17.5 Å². The minimum Gasteiger partial charge on any atom is -0.507 e. The minimum absolute atomic E-state index is 0.140. The Labute approximate surface area is 134 Å². The monoisotopic (exact) mass is 324 g/mol. The quantitative estimate of drug-likeness (QED) is 0.496. The molecule has 3 N–H and O–H groups in total. The van der Waals surface area contributed by atoms with Gasteiger partial charge in [0.1, 0.15) is 5.75 Å². The number of para-hydroxylation sites is 1. The highest BCUT2D eigenvalue weighted by atomic mass is 16.4. The lowest BCUT2D eigenvalue weighted by molar-refractivity contribution is -0.892. The molecule has 0 spiro atoms. The first-order chi connectivity index (χ1) is 10.4. The van der Waals surface area contributed by atoms with Gasteiger partial charge < -0.3 is 19.8 Å². The molecule has 0 saturated heterocycles. The topological polar surface area (TPSA) is 112 Å². The molecule has 0 amide bonds. The van der Waals surface area contributed by atoms with E-state index in [1.807, 2.05) is 0 Å². The van der Waals surface area contributed by atoms with Crippen LogP contribution in [-0.2, 0) is 9.59 Å². The minimum atomic E-state index is -2.48. The maximum atomic E-state index is 12.8. The molecule has 2 atom stereocenters. The van der Waals surface area contributed by atoms with Crippen LogP contribution in [0, 0.1) is 0 Å². The van der Waals surface area contributed by atoms with Crippen LogP contribution in [0.2, 0.25) is 0 Å². The molecule has 0 bridgehead atoms. The molecule has 0 aliphatic rings. The van der Waals surface area contributed by atoms with Gasteiger partial charge in [-0.1, -0.05) is 12.1 Å². The van der Waals surface area contributed by atoms with Gasteiger partial charge in [-0.25, -0.2) is 0 Å². The summed E-state index contributed by atoms with van der Waals surface area (Å²) in [6.07, 6.45) is -0.945. The van der Waals surface area contributed by atoms with Gasteiger partial charge in [0.25, 0.3) is 0 Å². The molecule has 23 heavy (non-hydrogen) atoms. The van der Waals surface area contributed by atoms with Crippen LogP contribution in [0.4, 0.5) is 0 Å². The average Bonchev–Trinajstić information content (AvgIpc) is 2.35. The molecule has 0 heterocycles. The second kappa shape index (κ2) is 6.47. The fourth-order valence-electron chi connectivity index (χ4n) is 2.95. The number of quaternary nitrogens is 1. The van der Waals surface area contributed by atoms with Gasteiger partial charge in [-0.15, -0.1) is 0 Å². The van der Waals surface area contributed by atoms with Crippen LogP contribution < -0.4 is 0 Å². The number of carboxylic acid groups (broad SMARTS) is 1. The van der Waals surface area contributed by atoms with Crippen LogP contribution in [0.5, 0.6) is 5.75 Å². The number of carbonyl (C=O) groups is 3. The molecule has 0 aliphatic heterocycles. The van der Waals surface area contributed by atoms with Gasteiger partial charge in [-0.2, -0.15) is 0 Å². The van der Waals surface area contributed by atoms with Crippen molar-refractivity contribution in [1.29, 1.82) is 0 Å². The van der Waals surface area contributed by atoms with Gasteiger partial charge in [-0.3, -0.25) is 14.4 Å². The predicted octanol–water partition coefficient (Wildman–Crippen LogP) is 0.444. The summed E-state index contributed by atoms with van der Waals surface area (Å²) in [4.78, 5) is 36.0. The number of nitrogens with zero attached hydrogens (tertiary/aromatic N) is 1. The normalized spacial score (nSPS) is 15.5. The van der Waals surface area contributed by atoms with E-state index in [4.69, 9.17) is 5.11 Å². The van der Waals surface area contributed by atoms with E-state index in [0.29, 0.717) is 0 Å². The third-order valence-electron chi connectivity index (χ3n) is 3.57. The lowest BCUT2D eigenvalue weighted by Gasteiger charge is -2.41. The maximum absolute atomic E-state index is 12.8. The fraction of sp³-hybridized carbons (Fsp3) is 0.438. The lowest BCUT2D eigenvalue weighted by Crippen LogP contribution is -2.65. The number of phenolic OH excluding ortho intramolecular Hbond substituents is 1. The lowest BCUT2D eigenvalue weighted by atomic mass is 9.79. The molecule has 126 valence electrons. The van der Waals surface area contributed by atoms with Gasteiger partial charge in [0.2, 0.25) is 5.78 Å². The highest BCUT2D eigenvalue weighted by Crippen LogP contribution is 2.31. The number of aliphatic carboxylic acids is 1. The van der Waals surface area contributed by atoms with E-state index in [9.17, 15) is 24.6 Å². The summed E-state index contributed by atoms with van der Waals surface area (Å²) in [5.41, 5.74) is -2.70. The number of Topliss-reactive ketones (excluding diaryl/α,β-unsaturated/α-hetero) is 2. The Kier molecular flexibility index (Phi) is 5.29. The average molecular weight is 324 g/mol. The van der Waals surface area contributed by atoms with Crippen molar-refractivity contribution in [3.05, 3.63) is 29.8 Å². The third-order valence-corrected chi connectivity index (χ3v) is 3.57. The van der Waals surface area contributed by atoms with Crippen LogP contribution in [-0.4, -0.2) is 70.1 Å². The molecule has 0 radical (unpaired) electrons. The molecular formula is C16H22NO6+. The first-order valence-electron chi connectivity index (χ1n) is 6.99. The van der Waals surface area contributed by atoms with Gasteiger partial charge in [-0.05, 0) is 12.1 Å². The summed E-state index contributed by atoms with van der Waals surface area (Å²) >= 11 is 0. The molecule has 7 heteroatoms. The van der Waals surface area contributed by atoms with Crippen LogP contribution in [0.25, 0.3) is 0 Å². The first-order valence-corrected chi connectivity index (χ1v) is 6.99. The van der Waals surface area contributed by atoms with E-state index in [0.717, 1.165) is 0 Å². The van der Waals surface area contributed by atoms with E-state index in [-0.39, 0.29) is 15.8 Å². The largest absolute Gasteiger partial charge is 0.507 e. The number of likely N-dealkylation sites (N-methyl/N-ethyl adjacent to an activating group) is 1. The Morgan fingerprint density at radius 1 is 1.17 bits per heavy atom. The number of aromatic hydroxyl groups is 1. The fourth-order valence-corrected chi connectivity index (χ4v) is 2.95. The predicted molar refractivity (Wildman–Crippen MR) is 82.1 cm³/mol. The molecule has 1 aromatic rings.